The number of benzene rings is 1. The van der Waals surface area contributed by atoms with E-state index in [9.17, 15) is 4.79 Å². The Balaban J connectivity index is 1.58. The van der Waals surface area contributed by atoms with E-state index in [1.165, 1.54) is 31.0 Å². The summed E-state index contributed by atoms with van der Waals surface area (Å²) in [6, 6.07) is 14.1. The Morgan fingerprint density at radius 2 is 1.90 bits per heavy atom. The lowest BCUT2D eigenvalue weighted by molar-refractivity contribution is -0.121. The zero-order valence-corrected chi connectivity index (χ0v) is 17.3. The molecule has 0 unspecified atom stereocenters. The first-order valence-electron chi connectivity index (χ1n) is 10.1. The van der Waals surface area contributed by atoms with Crippen LogP contribution in [0.4, 0.5) is 0 Å². The van der Waals surface area contributed by atoms with Crippen LogP contribution in [0.5, 0.6) is 0 Å². The molecule has 6 nitrogen and oxygen atoms in total. The number of pyridine rings is 1. The van der Waals surface area contributed by atoms with E-state index >= 15 is 0 Å². The van der Waals surface area contributed by atoms with Gasteiger partial charge in [-0.3, -0.25) is 14.3 Å². The fourth-order valence-corrected chi connectivity index (χ4v) is 4.49. The van der Waals surface area contributed by atoms with Crippen LogP contribution in [-0.2, 0) is 4.79 Å². The molecule has 0 saturated heterocycles. The number of nitrogens with zero attached hydrogens (tertiary/aromatic N) is 4. The van der Waals surface area contributed by atoms with Gasteiger partial charge < -0.3 is 5.32 Å². The van der Waals surface area contributed by atoms with Crippen molar-refractivity contribution < 1.29 is 4.79 Å². The largest absolute Gasteiger partial charge is 0.352 e. The second-order valence-electron chi connectivity index (χ2n) is 7.32. The van der Waals surface area contributed by atoms with E-state index < -0.39 is 0 Å². The van der Waals surface area contributed by atoms with Crippen molar-refractivity contribution in [1.29, 1.82) is 0 Å². The summed E-state index contributed by atoms with van der Waals surface area (Å²) in [5, 5.41) is 12.5. The number of nitrogens with one attached hydrogen (secondary N) is 1. The van der Waals surface area contributed by atoms with Gasteiger partial charge in [0.2, 0.25) is 5.91 Å². The second-order valence-corrected chi connectivity index (χ2v) is 8.63. The summed E-state index contributed by atoms with van der Waals surface area (Å²) in [5.74, 6) is 0.777. The number of rotatable bonds is 6. The summed E-state index contributed by atoms with van der Waals surface area (Å²) in [4.78, 5) is 16.9. The van der Waals surface area contributed by atoms with Crippen molar-refractivity contribution in [2.24, 2.45) is 0 Å². The van der Waals surface area contributed by atoms with Crippen molar-refractivity contribution in [3.05, 3.63) is 54.9 Å². The number of para-hydroxylation sites is 1. The third-order valence-corrected chi connectivity index (χ3v) is 6.21. The van der Waals surface area contributed by atoms with Crippen molar-refractivity contribution in [3.8, 4) is 17.1 Å². The molecule has 3 aromatic rings. The lowest BCUT2D eigenvalue weighted by Gasteiger charge is -2.24. The Morgan fingerprint density at radius 1 is 1.10 bits per heavy atom. The molecule has 1 aliphatic carbocycles. The van der Waals surface area contributed by atoms with Gasteiger partial charge in [0.25, 0.3) is 0 Å². The van der Waals surface area contributed by atoms with Crippen LogP contribution in [0.3, 0.4) is 0 Å². The minimum Gasteiger partial charge on any atom is -0.352 e. The number of hydrogen-bond donors (Lipinski definition) is 1. The Labute approximate surface area is 175 Å². The van der Waals surface area contributed by atoms with Crippen molar-refractivity contribution in [2.75, 3.05) is 0 Å². The zero-order chi connectivity index (χ0) is 20.1. The summed E-state index contributed by atoms with van der Waals surface area (Å²) in [6.07, 6.45) is 9.33. The molecule has 29 heavy (non-hydrogen) atoms. The van der Waals surface area contributed by atoms with Crippen LogP contribution in [-0.4, -0.2) is 36.9 Å². The molecule has 1 aromatic carbocycles. The molecule has 1 saturated carbocycles. The highest BCUT2D eigenvalue weighted by molar-refractivity contribution is 8.00. The third-order valence-electron chi connectivity index (χ3n) is 5.17. The molecule has 1 fully saturated rings. The van der Waals surface area contributed by atoms with E-state index in [0.29, 0.717) is 17.0 Å². The van der Waals surface area contributed by atoms with Gasteiger partial charge >= 0.3 is 0 Å². The van der Waals surface area contributed by atoms with E-state index in [1.54, 1.807) is 12.4 Å². The number of thioether (sulfide) groups is 1. The van der Waals surface area contributed by atoms with Gasteiger partial charge in [0.15, 0.2) is 11.0 Å². The van der Waals surface area contributed by atoms with Gasteiger partial charge in [-0.05, 0) is 44.0 Å². The molecule has 1 aliphatic rings. The Hall–Kier alpha value is -2.67. The monoisotopic (exact) mass is 407 g/mol. The summed E-state index contributed by atoms with van der Waals surface area (Å²) in [7, 11) is 0. The molecular weight excluding hydrogens is 382 g/mol. The fraction of sp³-hybridized carbons (Fsp3) is 0.364. The molecule has 7 heteroatoms. The highest BCUT2D eigenvalue weighted by atomic mass is 32.2. The maximum Gasteiger partial charge on any atom is 0.233 e. The van der Waals surface area contributed by atoms with E-state index in [4.69, 9.17) is 0 Å². The Kier molecular flexibility index (Phi) is 6.24. The van der Waals surface area contributed by atoms with Gasteiger partial charge in [0.1, 0.15) is 0 Å². The minimum absolute atomic E-state index is 0.0624. The van der Waals surface area contributed by atoms with Gasteiger partial charge in [0.05, 0.1) is 5.25 Å². The minimum atomic E-state index is -0.259. The quantitative estimate of drug-likeness (QED) is 0.618. The van der Waals surface area contributed by atoms with Gasteiger partial charge in [0, 0.05) is 29.7 Å². The Bertz CT molecular complexity index is 938. The van der Waals surface area contributed by atoms with Crippen LogP contribution >= 0.6 is 11.8 Å². The molecular formula is C22H25N5OS. The van der Waals surface area contributed by atoms with Crippen LogP contribution in [0, 0.1) is 0 Å². The number of hydrogen-bond acceptors (Lipinski definition) is 5. The molecule has 2 aromatic heterocycles. The third kappa shape index (κ3) is 4.67. The summed E-state index contributed by atoms with van der Waals surface area (Å²) >= 11 is 1.43. The van der Waals surface area contributed by atoms with Crippen LogP contribution in [0.25, 0.3) is 17.1 Å². The van der Waals surface area contributed by atoms with Crippen molar-refractivity contribution in [1.82, 2.24) is 25.1 Å². The SMILES string of the molecule is C[C@H](Sc1nnc(-c2cccnc2)n1-c1ccccc1)C(=O)NC1CCCCC1. The summed E-state index contributed by atoms with van der Waals surface area (Å²) < 4.78 is 1.99. The molecule has 2 heterocycles. The molecule has 1 atom stereocenters. The Morgan fingerprint density at radius 3 is 2.62 bits per heavy atom. The standard InChI is InChI=1S/C22H25N5OS/c1-16(21(28)24-18-10-4-2-5-11-18)29-22-26-25-20(17-9-8-14-23-15-17)27(22)19-12-6-3-7-13-19/h3,6-9,12-16,18H,2,4-5,10-11H2,1H3,(H,24,28)/t16-/m0/s1. The molecule has 1 amide bonds. The van der Waals surface area contributed by atoms with Crippen molar-refractivity contribution >= 4 is 17.7 Å². The number of carbonyl (C=O) groups is 1. The predicted molar refractivity (Wildman–Crippen MR) is 115 cm³/mol. The summed E-state index contributed by atoms with van der Waals surface area (Å²) in [5.41, 5.74) is 1.84. The maximum absolute atomic E-state index is 12.7. The van der Waals surface area contributed by atoms with Crippen LogP contribution in [0.15, 0.2) is 60.0 Å². The van der Waals surface area contributed by atoms with Crippen LogP contribution in [0.1, 0.15) is 39.0 Å². The van der Waals surface area contributed by atoms with Crippen molar-refractivity contribution in [2.45, 2.75) is 55.5 Å². The number of aromatic nitrogens is 4. The second kappa shape index (κ2) is 9.22. The molecule has 0 aliphatic heterocycles. The predicted octanol–water partition coefficient (Wildman–Crippen LogP) is 4.26. The van der Waals surface area contributed by atoms with E-state index in [2.05, 4.69) is 20.5 Å². The number of carbonyl (C=O) groups excluding carboxylic acids is 1. The van der Waals surface area contributed by atoms with E-state index in [0.717, 1.165) is 24.1 Å². The molecule has 0 spiro atoms. The summed E-state index contributed by atoms with van der Waals surface area (Å²) in [6.45, 7) is 1.93. The van der Waals surface area contributed by atoms with Crippen LogP contribution in [0.2, 0.25) is 0 Å². The van der Waals surface area contributed by atoms with Gasteiger partial charge in [-0.1, -0.05) is 49.2 Å². The topological polar surface area (TPSA) is 72.7 Å². The lowest BCUT2D eigenvalue weighted by atomic mass is 9.95. The first-order valence-corrected chi connectivity index (χ1v) is 11.0. The van der Waals surface area contributed by atoms with Gasteiger partial charge in [-0.25, -0.2) is 0 Å². The first kappa shape index (κ1) is 19.6. The molecule has 4 rings (SSSR count). The molecule has 0 radical (unpaired) electrons. The zero-order valence-electron chi connectivity index (χ0n) is 16.5. The van der Waals surface area contributed by atoms with Gasteiger partial charge in [-0.15, -0.1) is 10.2 Å². The lowest BCUT2D eigenvalue weighted by Crippen LogP contribution is -2.40. The van der Waals surface area contributed by atoms with Gasteiger partial charge in [-0.2, -0.15) is 0 Å². The van der Waals surface area contributed by atoms with E-state index in [1.807, 2.05) is 54.0 Å². The molecule has 0 bridgehead atoms. The van der Waals surface area contributed by atoms with Crippen LogP contribution < -0.4 is 5.32 Å². The normalized spacial score (nSPS) is 15.8. The molecule has 1 N–H and O–H groups in total. The highest BCUT2D eigenvalue weighted by Gasteiger charge is 2.24. The smallest absolute Gasteiger partial charge is 0.233 e. The average molecular weight is 408 g/mol. The fourth-order valence-electron chi connectivity index (χ4n) is 3.62. The highest BCUT2D eigenvalue weighted by Crippen LogP contribution is 2.30. The van der Waals surface area contributed by atoms with E-state index in [-0.39, 0.29) is 11.2 Å². The first-order chi connectivity index (χ1) is 14.2. The maximum atomic E-state index is 12.7. The number of amides is 1. The average Bonchev–Trinajstić information content (AvgIpc) is 3.19. The molecule has 150 valence electrons. The van der Waals surface area contributed by atoms with Crippen molar-refractivity contribution in [3.63, 3.8) is 0 Å².